The van der Waals surface area contributed by atoms with Gasteiger partial charge in [-0.1, -0.05) is 26.8 Å². The molecule has 0 spiro atoms. The van der Waals surface area contributed by atoms with Crippen LogP contribution in [0.2, 0.25) is 0 Å². The van der Waals surface area contributed by atoms with Crippen LogP contribution in [0, 0.1) is 11.7 Å². The molecule has 1 nitrogen and oxygen atoms in total. The van der Waals surface area contributed by atoms with Gasteiger partial charge in [0.1, 0.15) is 5.82 Å². The van der Waals surface area contributed by atoms with Crippen LogP contribution >= 0.6 is 0 Å². The van der Waals surface area contributed by atoms with Gasteiger partial charge in [-0.3, -0.25) is 0 Å². The van der Waals surface area contributed by atoms with Gasteiger partial charge in [0, 0.05) is 6.04 Å². The molecule has 108 valence electrons. The van der Waals surface area contributed by atoms with Crippen LogP contribution < -0.4 is 5.32 Å². The molecule has 1 unspecified atom stereocenters. The molecular weight excluding hydrogens is 258 g/mol. The van der Waals surface area contributed by atoms with Gasteiger partial charge >= 0.3 is 6.18 Å². The Morgan fingerprint density at radius 3 is 2.26 bits per heavy atom. The second-order valence-electron chi connectivity index (χ2n) is 4.98. The Hall–Kier alpha value is -1.10. The fourth-order valence-electron chi connectivity index (χ4n) is 2.03. The van der Waals surface area contributed by atoms with Gasteiger partial charge in [0.2, 0.25) is 0 Å². The van der Waals surface area contributed by atoms with Gasteiger partial charge in [-0.15, -0.1) is 0 Å². The summed E-state index contributed by atoms with van der Waals surface area (Å²) in [4.78, 5) is 0. The minimum absolute atomic E-state index is 0.123. The lowest BCUT2D eigenvalue weighted by molar-refractivity contribution is -0.140. The lowest BCUT2D eigenvalue weighted by Crippen LogP contribution is -2.23. The molecule has 0 amide bonds. The largest absolute Gasteiger partial charge is 0.419 e. The predicted octanol–water partition coefficient (Wildman–Crippen LogP) is 4.54. The molecule has 1 aromatic carbocycles. The first kappa shape index (κ1) is 16.0. The van der Waals surface area contributed by atoms with E-state index >= 15 is 0 Å². The quantitative estimate of drug-likeness (QED) is 0.779. The SMILES string of the molecule is CCNC(CC(C)C)c1ccc(C(F)(F)F)c(F)c1. The molecule has 1 N–H and O–H groups in total. The fraction of sp³-hybridized carbons (Fsp3) is 0.571. The molecule has 0 radical (unpaired) electrons. The number of benzene rings is 1. The molecule has 19 heavy (non-hydrogen) atoms. The zero-order chi connectivity index (χ0) is 14.6. The predicted molar refractivity (Wildman–Crippen MR) is 67.3 cm³/mol. The summed E-state index contributed by atoms with van der Waals surface area (Å²) in [6.45, 7) is 6.63. The Balaban J connectivity index is 3.03. The van der Waals surface area contributed by atoms with E-state index in [0.29, 0.717) is 18.0 Å². The molecule has 0 fully saturated rings. The highest BCUT2D eigenvalue weighted by Crippen LogP contribution is 2.33. The number of hydrogen-bond donors (Lipinski definition) is 1. The maximum absolute atomic E-state index is 13.5. The maximum Gasteiger partial charge on any atom is 0.419 e. The highest BCUT2D eigenvalue weighted by molar-refractivity contribution is 5.28. The summed E-state index contributed by atoms with van der Waals surface area (Å²) >= 11 is 0. The van der Waals surface area contributed by atoms with Crippen LogP contribution in [-0.2, 0) is 6.18 Å². The molecule has 1 atom stereocenters. The average Bonchev–Trinajstić information content (AvgIpc) is 2.26. The molecule has 0 aromatic heterocycles. The van der Waals surface area contributed by atoms with Gasteiger partial charge < -0.3 is 5.32 Å². The molecule has 1 aromatic rings. The Labute approximate surface area is 111 Å². The first-order valence-electron chi connectivity index (χ1n) is 6.35. The van der Waals surface area contributed by atoms with Crippen LogP contribution in [0.3, 0.4) is 0 Å². The van der Waals surface area contributed by atoms with E-state index in [-0.39, 0.29) is 6.04 Å². The fourth-order valence-corrected chi connectivity index (χ4v) is 2.03. The molecular formula is C14H19F4N. The van der Waals surface area contributed by atoms with Crippen molar-refractivity contribution in [1.82, 2.24) is 5.32 Å². The lowest BCUT2D eigenvalue weighted by atomic mass is 9.96. The van der Waals surface area contributed by atoms with Crippen molar-refractivity contribution in [2.24, 2.45) is 5.92 Å². The summed E-state index contributed by atoms with van der Waals surface area (Å²) < 4.78 is 51.0. The minimum atomic E-state index is -4.64. The van der Waals surface area contributed by atoms with Crippen LogP contribution in [0.5, 0.6) is 0 Å². The Morgan fingerprint density at radius 2 is 1.84 bits per heavy atom. The van der Waals surface area contributed by atoms with E-state index in [2.05, 4.69) is 5.32 Å². The van der Waals surface area contributed by atoms with Crippen LogP contribution in [0.25, 0.3) is 0 Å². The average molecular weight is 277 g/mol. The second kappa shape index (κ2) is 6.37. The van der Waals surface area contributed by atoms with Crippen molar-refractivity contribution in [3.8, 4) is 0 Å². The van der Waals surface area contributed by atoms with E-state index in [1.54, 1.807) is 0 Å². The molecule has 1 rings (SSSR count). The molecule has 0 heterocycles. The van der Waals surface area contributed by atoms with E-state index in [1.165, 1.54) is 6.07 Å². The van der Waals surface area contributed by atoms with Crippen LogP contribution in [0.4, 0.5) is 17.6 Å². The van der Waals surface area contributed by atoms with Gasteiger partial charge in [0.05, 0.1) is 5.56 Å². The van der Waals surface area contributed by atoms with Crippen molar-refractivity contribution in [3.63, 3.8) is 0 Å². The van der Waals surface area contributed by atoms with Crippen molar-refractivity contribution in [3.05, 3.63) is 35.1 Å². The number of halogens is 4. The van der Waals surface area contributed by atoms with E-state index in [4.69, 9.17) is 0 Å². The van der Waals surface area contributed by atoms with Crippen LogP contribution in [0.1, 0.15) is 44.4 Å². The maximum atomic E-state index is 13.5. The summed E-state index contributed by atoms with van der Waals surface area (Å²) in [7, 11) is 0. The smallest absolute Gasteiger partial charge is 0.310 e. The molecule has 0 bridgehead atoms. The zero-order valence-corrected chi connectivity index (χ0v) is 11.3. The molecule has 0 saturated carbocycles. The van der Waals surface area contributed by atoms with Crippen molar-refractivity contribution >= 4 is 0 Å². The number of hydrogen-bond acceptors (Lipinski definition) is 1. The summed E-state index contributed by atoms with van der Waals surface area (Å²) in [5.41, 5.74) is -0.655. The van der Waals surface area contributed by atoms with Gasteiger partial charge in [0.25, 0.3) is 0 Å². The van der Waals surface area contributed by atoms with Crippen molar-refractivity contribution in [2.75, 3.05) is 6.54 Å². The monoisotopic (exact) mass is 277 g/mol. The summed E-state index contributed by atoms with van der Waals surface area (Å²) in [6.07, 6.45) is -3.90. The number of rotatable bonds is 5. The third kappa shape index (κ3) is 4.49. The molecule has 5 heteroatoms. The summed E-state index contributed by atoms with van der Waals surface area (Å²) in [6, 6.07) is 3.02. The highest BCUT2D eigenvalue weighted by atomic mass is 19.4. The van der Waals surface area contributed by atoms with Crippen LogP contribution in [-0.4, -0.2) is 6.54 Å². The molecule has 0 aliphatic heterocycles. The van der Waals surface area contributed by atoms with Gasteiger partial charge in [-0.2, -0.15) is 13.2 Å². The Morgan fingerprint density at radius 1 is 1.21 bits per heavy atom. The third-order valence-corrected chi connectivity index (χ3v) is 2.86. The van der Waals surface area contributed by atoms with Crippen LogP contribution in [0.15, 0.2) is 18.2 Å². The minimum Gasteiger partial charge on any atom is -0.310 e. The van der Waals surface area contributed by atoms with E-state index < -0.39 is 17.6 Å². The normalized spacial score (nSPS) is 13.9. The van der Waals surface area contributed by atoms with Crippen molar-refractivity contribution < 1.29 is 17.6 Å². The van der Waals surface area contributed by atoms with Gasteiger partial charge in [0.15, 0.2) is 0 Å². The third-order valence-electron chi connectivity index (χ3n) is 2.86. The number of alkyl halides is 3. The topological polar surface area (TPSA) is 12.0 Å². The summed E-state index contributed by atoms with van der Waals surface area (Å²) in [5, 5.41) is 3.17. The molecule has 0 aliphatic carbocycles. The first-order valence-corrected chi connectivity index (χ1v) is 6.35. The van der Waals surface area contributed by atoms with Gasteiger partial charge in [-0.05, 0) is 36.6 Å². The van der Waals surface area contributed by atoms with Crippen molar-refractivity contribution in [2.45, 2.75) is 39.4 Å². The van der Waals surface area contributed by atoms with E-state index in [9.17, 15) is 17.6 Å². The lowest BCUT2D eigenvalue weighted by Gasteiger charge is -2.21. The zero-order valence-electron chi connectivity index (χ0n) is 11.3. The van der Waals surface area contributed by atoms with E-state index in [1.807, 2.05) is 20.8 Å². The van der Waals surface area contributed by atoms with Crippen molar-refractivity contribution in [1.29, 1.82) is 0 Å². The Bertz CT molecular complexity index is 412. The first-order chi connectivity index (χ1) is 8.75. The molecule has 0 aliphatic rings. The Kier molecular flexibility index (Phi) is 5.35. The van der Waals surface area contributed by atoms with E-state index in [0.717, 1.165) is 18.6 Å². The number of nitrogens with one attached hydrogen (secondary N) is 1. The highest BCUT2D eigenvalue weighted by Gasteiger charge is 2.34. The summed E-state index contributed by atoms with van der Waals surface area (Å²) in [5.74, 6) is -0.842. The molecule has 0 saturated heterocycles. The second-order valence-corrected chi connectivity index (χ2v) is 4.98. The van der Waals surface area contributed by atoms with Gasteiger partial charge in [-0.25, -0.2) is 4.39 Å². The standard InChI is InChI=1S/C14H19F4N/c1-4-19-13(7-9(2)3)10-5-6-11(12(15)8-10)14(16,17)18/h5-6,8-9,13,19H,4,7H2,1-3H3.